The molecular formula is C27H29N5O. The molecule has 0 N–H and O–H groups in total. The summed E-state index contributed by atoms with van der Waals surface area (Å²) >= 11 is 0. The van der Waals surface area contributed by atoms with Crippen molar-refractivity contribution in [2.75, 3.05) is 33.3 Å². The molecule has 1 saturated heterocycles. The van der Waals surface area contributed by atoms with Crippen molar-refractivity contribution in [1.82, 2.24) is 24.6 Å². The maximum atomic E-state index is 5.34. The van der Waals surface area contributed by atoms with E-state index in [9.17, 15) is 0 Å². The fourth-order valence-corrected chi connectivity index (χ4v) is 4.30. The van der Waals surface area contributed by atoms with Crippen LogP contribution >= 0.6 is 0 Å². The van der Waals surface area contributed by atoms with Crippen molar-refractivity contribution in [2.45, 2.75) is 13.1 Å². The van der Waals surface area contributed by atoms with E-state index in [-0.39, 0.29) is 0 Å². The molecule has 1 fully saturated rings. The number of hydrogen-bond donors (Lipinski definition) is 0. The molecule has 0 bridgehead atoms. The van der Waals surface area contributed by atoms with Crippen LogP contribution in [0.15, 0.2) is 85.2 Å². The van der Waals surface area contributed by atoms with Crippen LogP contribution in [0.1, 0.15) is 11.3 Å². The summed E-state index contributed by atoms with van der Waals surface area (Å²) in [6, 6.07) is 24.6. The summed E-state index contributed by atoms with van der Waals surface area (Å²) < 4.78 is 7.33. The summed E-state index contributed by atoms with van der Waals surface area (Å²) in [6.45, 7) is 5.95. The molecule has 168 valence electrons. The highest BCUT2D eigenvalue weighted by Crippen LogP contribution is 2.27. The highest BCUT2D eigenvalue weighted by Gasteiger charge is 2.20. The van der Waals surface area contributed by atoms with Gasteiger partial charge in [0.2, 0.25) is 0 Å². The van der Waals surface area contributed by atoms with Gasteiger partial charge in [0.15, 0.2) is 0 Å². The van der Waals surface area contributed by atoms with Crippen molar-refractivity contribution in [3.63, 3.8) is 0 Å². The molecule has 0 radical (unpaired) electrons. The molecule has 0 saturated carbocycles. The monoisotopic (exact) mass is 439 g/mol. The van der Waals surface area contributed by atoms with Crippen molar-refractivity contribution in [2.24, 2.45) is 0 Å². The number of pyridine rings is 1. The fraction of sp³-hybridized carbons (Fsp3) is 0.259. The predicted octanol–water partition coefficient (Wildman–Crippen LogP) is 4.26. The normalized spacial score (nSPS) is 14.9. The van der Waals surface area contributed by atoms with Crippen molar-refractivity contribution >= 4 is 0 Å². The second-order valence-corrected chi connectivity index (χ2v) is 8.38. The molecule has 2 aromatic heterocycles. The van der Waals surface area contributed by atoms with Crippen molar-refractivity contribution in [3.8, 4) is 22.7 Å². The minimum atomic E-state index is 0.854. The summed E-state index contributed by atoms with van der Waals surface area (Å²) in [5, 5.41) is 4.97. The van der Waals surface area contributed by atoms with E-state index >= 15 is 0 Å². The Kier molecular flexibility index (Phi) is 6.46. The minimum absolute atomic E-state index is 0.854. The van der Waals surface area contributed by atoms with E-state index in [0.29, 0.717) is 0 Å². The number of para-hydroxylation sites is 1. The van der Waals surface area contributed by atoms with Crippen molar-refractivity contribution in [1.29, 1.82) is 0 Å². The molecule has 1 aliphatic heterocycles. The third kappa shape index (κ3) is 5.13. The Labute approximate surface area is 195 Å². The average Bonchev–Trinajstić information content (AvgIpc) is 3.30. The van der Waals surface area contributed by atoms with Crippen LogP contribution in [0.5, 0.6) is 5.75 Å². The Morgan fingerprint density at radius 1 is 0.788 bits per heavy atom. The van der Waals surface area contributed by atoms with Crippen LogP contribution in [0.4, 0.5) is 0 Å². The van der Waals surface area contributed by atoms with Crippen LogP contribution in [0, 0.1) is 0 Å². The van der Waals surface area contributed by atoms with Gasteiger partial charge in [0.1, 0.15) is 5.75 Å². The maximum Gasteiger partial charge on any atom is 0.118 e. The number of aromatic nitrogens is 3. The quantitative estimate of drug-likeness (QED) is 0.431. The van der Waals surface area contributed by atoms with Gasteiger partial charge in [-0.05, 0) is 48.5 Å². The number of benzene rings is 2. The lowest BCUT2D eigenvalue weighted by Crippen LogP contribution is -2.45. The first-order chi connectivity index (χ1) is 16.3. The summed E-state index contributed by atoms with van der Waals surface area (Å²) in [7, 11) is 1.69. The standard InChI is InChI=1S/C27H29N5O/c1-33-26-12-10-22(11-13-26)27-23(20-32(29-27)25-8-3-2-4-9-25)19-30-15-17-31(18-16-30)21-24-7-5-6-14-28-24/h2-14,20H,15-19,21H2,1H3. The van der Waals surface area contributed by atoms with E-state index in [4.69, 9.17) is 9.84 Å². The molecule has 0 unspecified atom stereocenters. The third-order valence-corrected chi connectivity index (χ3v) is 6.14. The first-order valence-corrected chi connectivity index (χ1v) is 11.4. The number of hydrogen-bond acceptors (Lipinski definition) is 5. The van der Waals surface area contributed by atoms with E-state index in [2.05, 4.69) is 57.4 Å². The number of piperazine rings is 1. The summed E-state index contributed by atoms with van der Waals surface area (Å²) in [4.78, 5) is 9.48. The number of methoxy groups -OCH3 is 1. The van der Waals surface area contributed by atoms with E-state index in [0.717, 1.165) is 67.7 Å². The van der Waals surface area contributed by atoms with Gasteiger partial charge in [-0.1, -0.05) is 24.3 Å². The lowest BCUT2D eigenvalue weighted by atomic mass is 10.1. The fourth-order valence-electron chi connectivity index (χ4n) is 4.30. The zero-order chi connectivity index (χ0) is 22.5. The SMILES string of the molecule is COc1ccc(-c2nn(-c3ccccc3)cc2CN2CCN(Cc3ccccn3)CC2)cc1. The molecule has 5 rings (SSSR count). The Hall–Kier alpha value is -3.48. The summed E-state index contributed by atoms with van der Waals surface area (Å²) in [5.41, 5.74) is 5.57. The summed E-state index contributed by atoms with van der Waals surface area (Å²) in [6.07, 6.45) is 4.05. The van der Waals surface area contributed by atoms with E-state index < -0.39 is 0 Å². The van der Waals surface area contributed by atoms with E-state index in [1.54, 1.807) is 7.11 Å². The molecule has 0 aliphatic carbocycles. The molecule has 1 aliphatic rings. The molecule has 33 heavy (non-hydrogen) atoms. The largest absolute Gasteiger partial charge is 0.497 e. The number of ether oxygens (including phenoxy) is 1. The van der Waals surface area contributed by atoms with Gasteiger partial charge in [0, 0.05) is 62.8 Å². The van der Waals surface area contributed by atoms with Gasteiger partial charge >= 0.3 is 0 Å². The molecule has 6 heteroatoms. The molecule has 0 atom stereocenters. The van der Waals surface area contributed by atoms with Gasteiger partial charge in [0.05, 0.1) is 24.2 Å². The van der Waals surface area contributed by atoms with Crippen LogP contribution in [-0.2, 0) is 13.1 Å². The van der Waals surface area contributed by atoms with Crippen molar-refractivity contribution in [3.05, 3.63) is 96.4 Å². The van der Waals surface area contributed by atoms with Gasteiger partial charge in [0.25, 0.3) is 0 Å². The topological polar surface area (TPSA) is 46.4 Å². The maximum absolute atomic E-state index is 5.34. The van der Waals surface area contributed by atoms with Crippen LogP contribution in [0.25, 0.3) is 16.9 Å². The van der Waals surface area contributed by atoms with Crippen LogP contribution in [-0.4, -0.2) is 57.9 Å². The first-order valence-electron chi connectivity index (χ1n) is 11.4. The number of rotatable bonds is 7. The van der Waals surface area contributed by atoms with E-state index in [1.807, 2.05) is 47.3 Å². The van der Waals surface area contributed by atoms with Crippen LogP contribution in [0.3, 0.4) is 0 Å². The Morgan fingerprint density at radius 3 is 2.15 bits per heavy atom. The predicted molar refractivity (Wildman–Crippen MR) is 130 cm³/mol. The lowest BCUT2D eigenvalue weighted by molar-refractivity contribution is 0.121. The second kappa shape index (κ2) is 9.98. The molecule has 0 amide bonds. The molecule has 4 aromatic rings. The van der Waals surface area contributed by atoms with Crippen LogP contribution < -0.4 is 4.74 Å². The lowest BCUT2D eigenvalue weighted by Gasteiger charge is -2.34. The molecule has 3 heterocycles. The number of nitrogens with zero attached hydrogens (tertiary/aromatic N) is 5. The Balaban J connectivity index is 1.33. The van der Waals surface area contributed by atoms with Crippen molar-refractivity contribution < 1.29 is 4.74 Å². The van der Waals surface area contributed by atoms with Crippen LogP contribution in [0.2, 0.25) is 0 Å². The zero-order valence-electron chi connectivity index (χ0n) is 19.0. The second-order valence-electron chi connectivity index (χ2n) is 8.38. The summed E-state index contributed by atoms with van der Waals surface area (Å²) in [5.74, 6) is 0.854. The minimum Gasteiger partial charge on any atom is -0.497 e. The Morgan fingerprint density at radius 2 is 1.48 bits per heavy atom. The highest BCUT2D eigenvalue weighted by molar-refractivity contribution is 5.64. The average molecular weight is 440 g/mol. The molecule has 2 aromatic carbocycles. The molecule has 0 spiro atoms. The van der Waals surface area contributed by atoms with Gasteiger partial charge in [-0.15, -0.1) is 0 Å². The van der Waals surface area contributed by atoms with Gasteiger partial charge < -0.3 is 4.74 Å². The smallest absolute Gasteiger partial charge is 0.118 e. The van der Waals surface area contributed by atoms with Gasteiger partial charge in [-0.3, -0.25) is 14.8 Å². The first kappa shape index (κ1) is 21.4. The highest BCUT2D eigenvalue weighted by atomic mass is 16.5. The molecular weight excluding hydrogens is 410 g/mol. The van der Waals surface area contributed by atoms with E-state index in [1.165, 1.54) is 5.56 Å². The molecule has 6 nitrogen and oxygen atoms in total. The van der Waals surface area contributed by atoms with Gasteiger partial charge in [-0.25, -0.2) is 4.68 Å². The Bertz CT molecular complexity index is 1150. The zero-order valence-corrected chi connectivity index (χ0v) is 19.0. The third-order valence-electron chi connectivity index (χ3n) is 6.14. The van der Waals surface area contributed by atoms with Gasteiger partial charge in [-0.2, -0.15) is 5.10 Å².